The SMILES string of the molecule is CCC(=O)NCC(c1ccccc1)c1ccccc1. The van der Waals surface area contributed by atoms with Crippen molar-refractivity contribution >= 4 is 5.91 Å². The summed E-state index contributed by atoms with van der Waals surface area (Å²) in [6.07, 6.45) is 0.524. The lowest BCUT2D eigenvalue weighted by Crippen LogP contribution is -2.28. The van der Waals surface area contributed by atoms with Gasteiger partial charge in [0, 0.05) is 18.9 Å². The number of benzene rings is 2. The Morgan fingerprint density at radius 2 is 1.42 bits per heavy atom. The quantitative estimate of drug-likeness (QED) is 0.870. The summed E-state index contributed by atoms with van der Waals surface area (Å²) >= 11 is 0. The number of hydrogen-bond acceptors (Lipinski definition) is 1. The third-order valence-electron chi connectivity index (χ3n) is 3.23. The Balaban J connectivity index is 2.21. The second-order valence-corrected chi connectivity index (χ2v) is 4.53. The molecular formula is C17H19NO. The maximum atomic E-state index is 11.5. The van der Waals surface area contributed by atoms with Crippen molar-refractivity contribution in [1.82, 2.24) is 5.32 Å². The van der Waals surface area contributed by atoms with Gasteiger partial charge in [-0.15, -0.1) is 0 Å². The summed E-state index contributed by atoms with van der Waals surface area (Å²) in [6.45, 7) is 2.51. The highest BCUT2D eigenvalue weighted by Gasteiger charge is 2.14. The molecule has 2 nitrogen and oxygen atoms in total. The van der Waals surface area contributed by atoms with Gasteiger partial charge < -0.3 is 5.32 Å². The van der Waals surface area contributed by atoms with Crippen LogP contribution in [0.3, 0.4) is 0 Å². The summed E-state index contributed by atoms with van der Waals surface area (Å²) in [6, 6.07) is 20.6. The molecule has 0 aliphatic rings. The van der Waals surface area contributed by atoms with Gasteiger partial charge in [0.2, 0.25) is 5.91 Å². The van der Waals surface area contributed by atoms with E-state index < -0.39 is 0 Å². The van der Waals surface area contributed by atoms with Crippen LogP contribution < -0.4 is 5.32 Å². The summed E-state index contributed by atoms with van der Waals surface area (Å²) in [4.78, 5) is 11.5. The van der Waals surface area contributed by atoms with Crippen molar-refractivity contribution in [2.75, 3.05) is 6.54 Å². The molecule has 0 aromatic heterocycles. The van der Waals surface area contributed by atoms with Crippen molar-refractivity contribution in [2.24, 2.45) is 0 Å². The van der Waals surface area contributed by atoms with E-state index in [4.69, 9.17) is 0 Å². The van der Waals surface area contributed by atoms with E-state index in [0.29, 0.717) is 13.0 Å². The molecule has 19 heavy (non-hydrogen) atoms. The van der Waals surface area contributed by atoms with Crippen molar-refractivity contribution < 1.29 is 4.79 Å². The third kappa shape index (κ3) is 3.68. The van der Waals surface area contributed by atoms with E-state index in [1.807, 2.05) is 43.3 Å². The lowest BCUT2D eigenvalue weighted by Gasteiger charge is -2.18. The topological polar surface area (TPSA) is 29.1 Å². The summed E-state index contributed by atoms with van der Waals surface area (Å²) in [5.74, 6) is 0.301. The van der Waals surface area contributed by atoms with E-state index in [-0.39, 0.29) is 11.8 Å². The molecule has 0 aliphatic carbocycles. The van der Waals surface area contributed by atoms with E-state index >= 15 is 0 Å². The van der Waals surface area contributed by atoms with Gasteiger partial charge in [0.05, 0.1) is 0 Å². The second kappa shape index (κ2) is 6.74. The third-order valence-corrected chi connectivity index (χ3v) is 3.23. The number of nitrogens with one attached hydrogen (secondary N) is 1. The fourth-order valence-electron chi connectivity index (χ4n) is 2.14. The maximum Gasteiger partial charge on any atom is 0.219 e. The van der Waals surface area contributed by atoms with Gasteiger partial charge in [-0.05, 0) is 11.1 Å². The summed E-state index contributed by atoms with van der Waals surface area (Å²) in [5.41, 5.74) is 2.45. The normalized spacial score (nSPS) is 10.4. The minimum Gasteiger partial charge on any atom is -0.355 e. The molecule has 0 heterocycles. The monoisotopic (exact) mass is 253 g/mol. The van der Waals surface area contributed by atoms with Gasteiger partial charge in [-0.3, -0.25) is 4.79 Å². The Kier molecular flexibility index (Phi) is 4.73. The molecule has 0 fully saturated rings. The van der Waals surface area contributed by atoms with Crippen molar-refractivity contribution in [2.45, 2.75) is 19.3 Å². The largest absolute Gasteiger partial charge is 0.355 e. The molecule has 0 unspecified atom stereocenters. The highest BCUT2D eigenvalue weighted by Crippen LogP contribution is 2.23. The Morgan fingerprint density at radius 3 is 1.84 bits per heavy atom. The van der Waals surface area contributed by atoms with Crippen LogP contribution in [0, 0.1) is 0 Å². The molecule has 0 radical (unpaired) electrons. The van der Waals surface area contributed by atoms with Crippen molar-refractivity contribution in [3.05, 3.63) is 71.8 Å². The molecule has 0 saturated carbocycles. The number of carbonyl (C=O) groups excluding carboxylic acids is 1. The first kappa shape index (κ1) is 13.3. The van der Waals surface area contributed by atoms with Crippen LogP contribution in [0.15, 0.2) is 60.7 Å². The van der Waals surface area contributed by atoms with Gasteiger partial charge in [0.1, 0.15) is 0 Å². The Hall–Kier alpha value is -2.09. The first-order chi connectivity index (χ1) is 9.31. The predicted octanol–water partition coefficient (Wildman–Crippen LogP) is 3.34. The predicted molar refractivity (Wildman–Crippen MR) is 78.0 cm³/mol. The Bertz CT molecular complexity index is 468. The molecule has 0 bridgehead atoms. The van der Waals surface area contributed by atoms with Gasteiger partial charge >= 0.3 is 0 Å². The minimum absolute atomic E-state index is 0.0943. The van der Waals surface area contributed by atoms with Gasteiger partial charge in [-0.25, -0.2) is 0 Å². The van der Waals surface area contributed by atoms with Gasteiger partial charge in [0.25, 0.3) is 0 Å². The molecular weight excluding hydrogens is 234 g/mol. The summed E-state index contributed by atoms with van der Waals surface area (Å²) in [7, 11) is 0. The zero-order valence-corrected chi connectivity index (χ0v) is 11.2. The molecule has 0 aliphatic heterocycles. The number of carbonyl (C=O) groups is 1. The van der Waals surface area contributed by atoms with Crippen LogP contribution in [0.25, 0.3) is 0 Å². The van der Waals surface area contributed by atoms with Gasteiger partial charge in [0.15, 0.2) is 0 Å². The minimum atomic E-state index is 0.0943. The van der Waals surface area contributed by atoms with Crippen LogP contribution >= 0.6 is 0 Å². The molecule has 1 amide bonds. The molecule has 2 heteroatoms. The lowest BCUT2D eigenvalue weighted by atomic mass is 9.91. The number of amides is 1. The van der Waals surface area contributed by atoms with Crippen LogP contribution in [-0.4, -0.2) is 12.5 Å². The molecule has 0 saturated heterocycles. The smallest absolute Gasteiger partial charge is 0.219 e. The van der Waals surface area contributed by atoms with Gasteiger partial charge in [-0.2, -0.15) is 0 Å². The first-order valence-electron chi connectivity index (χ1n) is 6.68. The highest BCUT2D eigenvalue weighted by molar-refractivity contribution is 5.75. The first-order valence-corrected chi connectivity index (χ1v) is 6.68. The molecule has 1 N–H and O–H groups in total. The average molecular weight is 253 g/mol. The number of hydrogen-bond donors (Lipinski definition) is 1. The second-order valence-electron chi connectivity index (χ2n) is 4.53. The standard InChI is InChI=1S/C17H19NO/c1-2-17(19)18-13-16(14-9-5-3-6-10-14)15-11-7-4-8-12-15/h3-12,16H,2,13H2,1H3,(H,18,19). The van der Waals surface area contributed by atoms with E-state index in [1.165, 1.54) is 11.1 Å². The zero-order valence-electron chi connectivity index (χ0n) is 11.2. The summed E-state index contributed by atoms with van der Waals surface area (Å²) in [5, 5.41) is 2.99. The lowest BCUT2D eigenvalue weighted by molar-refractivity contribution is -0.120. The van der Waals surface area contributed by atoms with Gasteiger partial charge in [-0.1, -0.05) is 67.6 Å². The van der Waals surface area contributed by atoms with E-state index in [9.17, 15) is 4.79 Å². The van der Waals surface area contributed by atoms with Crippen molar-refractivity contribution in [3.8, 4) is 0 Å². The average Bonchev–Trinajstić information content (AvgIpc) is 2.49. The van der Waals surface area contributed by atoms with Crippen LogP contribution in [0.1, 0.15) is 30.4 Å². The zero-order chi connectivity index (χ0) is 13.5. The molecule has 0 spiro atoms. The van der Waals surface area contributed by atoms with Crippen molar-refractivity contribution in [1.29, 1.82) is 0 Å². The number of rotatable bonds is 5. The Morgan fingerprint density at radius 1 is 0.947 bits per heavy atom. The fraction of sp³-hybridized carbons (Fsp3) is 0.235. The fourth-order valence-corrected chi connectivity index (χ4v) is 2.14. The van der Waals surface area contributed by atoms with Crippen molar-refractivity contribution in [3.63, 3.8) is 0 Å². The van der Waals surface area contributed by atoms with E-state index in [0.717, 1.165) is 0 Å². The van der Waals surface area contributed by atoms with Crippen LogP contribution in [-0.2, 0) is 4.79 Å². The summed E-state index contributed by atoms with van der Waals surface area (Å²) < 4.78 is 0. The van der Waals surface area contributed by atoms with E-state index in [1.54, 1.807) is 0 Å². The molecule has 2 aromatic carbocycles. The Labute approximate surface area is 114 Å². The molecule has 0 atom stereocenters. The van der Waals surface area contributed by atoms with E-state index in [2.05, 4.69) is 29.6 Å². The maximum absolute atomic E-state index is 11.5. The highest BCUT2D eigenvalue weighted by atomic mass is 16.1. The van der Waals surface area contributed by atoms with Crippen LogP contribution in [0.4, 0.5) is 0 Å². The molecule has 2 aromatic rings. The molecule has 98 valence electrons. The van der Waals surface area contributed by atoms with Crippen LogP contribution in [0.2, 0.25) is 0 Å². The molecule has 2 rings (SSSR count). The van der Waals surface area contributed by atoms with Crippen LogP contribution in [0.5, 0.6) is 0 Å².